The number of likely N-dealkylation sites (tertiary alicyclic amines) is 1. The van der Waals surface area contributed by atoms with Crippen LogP contribution in [0.15, 0.2) is 41.2 Å². The van der Waals surface area contributed by atoms with Gasteiger partial charge in [-0.25, -0.2) is 9.61 Å². The predicted molar refractivity (Wildman–Crippen MR) is 132 cm³/mol. The number of nitrogens with zero attached hydrogens (tertiary/aromatic N) is 6. The summed E-state index contributed by atoms with van der Waals surface area (Å²) in [6.07, 6.45) is 4.18. The molecule has 11 nitrogen and oxygen atoms in total. The highest BCUT2D eigenvalue weighted by molar-refractivity contribution is 6.08. The van der Waals surface area contributed by atoms with Gasteiger partial charge >= 0.3 is 0 Å². The summed E-state index contributed by atoms with van der Waals surface area (Å²) >= 11 is 0. The third-order valence-corrected chi connectivity index (χ3v) is 6.49. The molecule has 1 atom stereocenters. The number of unbranched alkanes of at least 4 members (excludes halogenated alkanes) is 1. The molecule has 1 fully saturated rings. The Bertz CT molecular complexity index is 1330. The van der Waals surface area contributed by atoms with Gasteiger partial charge in [0.1, 0.15) is 5.52 Å². The van der Waals surface area contributed by atoms with Gasteiger partial charge in [0.2, 0.25) is 0 Å². The van der Waals surface area contributed by atoms with Crippen LogP contribution in [0.5, 0.6) is 0 Å². The Labute approximate surface area is 202 Å². The van der Waals surface area contributed by atoms with Crippen LogP contribution in [0, 0.1) is 0 Å². The third kappa shape index (κ3) is 4.24. The van der Waals surface area contributed by atoms with Crippen LogP contribution in [0.25, 0.3) is 33.8 Å². The van der Waals surface area contributed by atoms with Gasteiger partial charge in [-0.05, 0) is 43.2 Å². The fourth-order valence-electron chi connectivity index (χ4n) is 4.62. The fourth-order valence-corrected chi connectivity index (χ4v) is 4.62. The minimum absolute atomic E-state index is 0.0716. The zero-order valence-corrected chi connectivity index (χ0v) is 19.6. The van der Waals surface area contributed by atoms with Gasteiger partial charge in [-0.1, -0.05) is 30.3 Å². The summed E-state index contributed by atoms with van der Waals surface area (Å²) in [5.74, 6) is 0.557. The lowest BCUT2D eigenvalue weighted by Gasteiger charge is -2.18. The molecule has 4 heterocycles. The maximum atomic E-state index is 13.7. The monoisotopic (exact) mass is 475 g/mol. The van der Waals surface area contributed by atoms with Crippen molar-refractivity contribution in [1.29, 1.82) is 0 Å². The number of aryl methyl sites for hydroxylation is 1. The summed E-state index contributed by atoms with van der Waals surface area (Å²) < 4.78 is 6.86. The smallest absolute Gasteiger partial charge is 0.257 e. The maximum Gasteiger partial charge on any atom is 0.257 e. The van der Waals surface area contributed by atoms with Crippen LogP contribution in [0.1, 0.15) is 29.6 Å². The molecule has 4 aromatic rings. The number of pyridine rings is 1. The van der Waals surface area contributed by atoms with E-state index in [1.54, 1.807) is 6.20 Å². The predicted octanol–water partition coefficient (Wildman–Crippen LogP) is 1.90. The normalized spacial score (nSPS) is 15.8. The van der Waals surface area contributed by atoms with E-state index in [1.165, 1.54) is 0 Å². The topological polar surface area (TPSA) is 154 Å². The molecule has 5 rings (SSSR count). The second-order valence-electron chi connectivity index (χ2n) is 8.69. The lowest BCUT2D eigenvalue weighted by molar-refractivity contribution is 0.0791. The van der Waals surface area contributed by atoms with Crippen molar-refractivity contribution in [2.45, 2.75) is 31.8 Å². The van der Waals surface area contributed by atoms with Crippen LogP contribution in [0.2, 0.25) is 0 Å². The van der Waals surface area contributed by atoms with Crippen molar-refractivity contribution in [3.8, 4) is 22.8 Å². The number of imidazole rings is 1. The van der Waals surface area contributed by atoms with Crippen LogP contribution in [0.3, 0.4) is 0 Å². The lowest BCUT2D eigenvalue weighted by atomic mass is 10.1. The first-order valence-electron chi connectivity index (χ1n) is 11.8. The molecule has 11 heteroatoms. The minimum atomic E-state index is -0.0716. The Morgan fingerprint density at radius 3 is 2.71 bits per heavy atom. The summed E-state index contributed by atoms with van der Waals surface area (Å²) in [5, 5.41) is 11.0. The van der Waals surface area contributed by atoms with Gasteiger partial charge in [0.15, 0.2) is 17.3 Å². The number of amides is 1. The average Bonchev–Trinajstić information content (AvgIpc) is 3.62. The van der Waals surface area contributed by atoms with E-state index in [4.69, 9.17) is 26.1 Å². The fraction of sp³-hybridized carbons (Fsp3) is 0.375. The minimum Gasteiger partial charge on any atom is -0.379 e. The van der Waals surface area contributed by atoms with Gasteiger partial charge in [0, 0.05) is 37.4 Å². The highest BCUT2D eigenvalue weighted by atomic mass is 16.6. The standard InChI is InChI=1S/C24H29N9O2/c1-27-16-9-12-32(14-16)24(34)17-13-28-18(15-7-3-2-4-8-15)19-21(17)33(11-6-5-10-25)23(29-19)20-22(26)31-35-30-20/h2-4,7-8,13,16,27H,5-6,9-12,14,25H2,1H3,(H2,26,31). The van der Waals surface area contributed by atoms with Crippen LogP contribution in [0.4, 0.5) is 5.82 Å². The summed E-state index contributed by atoms with van der Waals surface area (Å²) in [6.45, 7) is 2.47. The Hall–Kier alpha value is -3.83. The quantitative estimate of drug-likeness (QED) is 0.324. The molecule has 1 unspecified atom stereocenters. The highest BCUT2D eigenvalue weighted by Crippen LogP contribution is 2.34. The largest absolute Gasteiger partial charge is 0.379 e. The first kappa shape index (κ1) is 22.9. The van der Waals surface area contributed by atoms with Gasteiger partial charge in [-0.2, -0.15) is 0 Å². The third-order valence-electron chi connectivity index (χ3n) is 6.49. The SMILES string of the molecule is CNC1CCN(C(=O)c2cnc(-c3ccccc3)c3nc(-c4nonc4N)n(CCCCN)c23)C1. The van der Waals surface area contributed by atoms with Crippen LogP contribution in [-0.4, -0.2) is 68.4 Å². The van der Waals surface area contributed by atoms with E-state index in [0.29, 0.717) is 60.0 Å². The number of likely N-dealkylation sites (N-methyl/N-ethyl adjacent to an activating group) is 1. The number of rotatable bonds is 8. The number of carbonyl (C=O) groups is 1. The van der Waals surface area contributed by atoms with Crippen LogP contribution < -0.4 is 16.8 Å². The molecule has 0 aliphatic carbocycles. The molecule has 5 N–H and O–H groups in total. The second-order valence-corrected chi connectivity index (χ2v) is 8.69. The summed E-state index contributed by atoms with van der Waals surface area (Å²) in [5.41, 5.74) is 15.5. The number of hydrogen-bond donors (Lipinski definition) is 3. The van der Waals surface area contributed by atoms with E-state index in [9.17, 15) is 4.79 Å². The maximum absolute atomic E-state index is 13.7. The first-order chi connectivity index (χ1) is 17.1. The molecular weight excluding hydrogens is 446 g/mol. The van der Waals surface area contributed by atoms with Crippen LogP contribution in [-0.2, 0) is 6.54 Å². The van der Waals surface area contributed by atoms with E-state index in [1.807, 2.05) is 46.8 Å². The van der Waals surface area contributed by atoms with Crippen molar-refractivity contribution in [2.75, 3.05) is 32.4 Å². The Kier molecular flexibility index (Phi) is 6.43. The molecule has 3 aromatic heterocycles. The second kappa shape index (κ2) is 9.80. The summed E-state index contributed by atoms with van der Waals surface area (Å²) in [7, 11) is 1.92. The van der Waals surface area contributed by atoms with E-state index in [-0.39, 0.29) is 17.8 Å². The molecule has 182 valence electrons. The number of anilines is 1. The molecule has 1 amide bonds. The van der Waals surface area contributed by atoms with Crippen molar-refractivity contribution < 1.29 is 9.42 Å². The number of carbonyl (C=O) groups excluding carboxylic acids is 1. The molecule has 1 saturated heterocycles. The lowest BCUT2D eigenvalue weighted by Crippen LogP contribution is -2.33. The van der Waals surface area contributed by atoms with Crippen molar-refractivity contribution >= 4 is 22.8 Å². The average molecular weight is 476 g/mol. The van der Waals surface area contributed by atoms with Gasteiger partial charge in [-0.3, -0.25) is 9.78 Å². The highest BCUT2D eigenvalue weighted by Gasteiger charge is 2.31. The molecule has 0 radical (unpaired) electrons. The van der Waals surface area contributed by atoms with Gasteiger partial charge in [0.05, 0.1) is 16.8 Å². The molecule has 1 aromatic carbocycles. The number of nitrogens with one attached hydrogen (secondary N) is 1. The van der Waals surface area contributed by atoms with Crippen LogP contribution >= 0.6 is 0 Å². The zero-order valence-electron chi connectivity index (χ0n) is 19.6. The van der Waals surface area contributed by atoms with E-state index in [0.717, 1.165) is 24.8 Å². The van der Waals surface area contributed by atoms with Crippen molar-refractivity contribution in [3.63, 3.8) is 0 Å². The van der Waals surface area contributed by atoms with Gasteiger partial charge in [-0.15, -0.1) is 0 Å². The summed E-state index contributed by atoms with van der Waals surface area (Å²) in [4.78, 5) is 25.2. The van der Waals surface area contributed by atoms with E-state index >= 15 is 0 Å². The molecular formula is C24H29N9O2. The number of aromatic nitrogens is 5. The number of nitrogens with two attached hydrogens (primary N) is 2. The first-order valence-corrected chi connectivity index (χ1v) is 11.8. The Morgan fingerprint density at radius 2 is 2.03 bits per heavy atom. The van der Waals surface area contributed by atoms with Crippen molar-refractivity contribution in [2.24, 2.45) is 5.73 Å². The number of hydrogen-bond acceptors (Lipinski definition) is 9. The molecule has 0 saturated carbocycles. The molecule has 0 spiro atoms. The Morgan fingerprint density at radius 1 is 1.20 bits per heavy atom. The van der Waals surface area contributed by atoms with E-state index < -0.39 is 0 Å². The number of nitrogen functional groups attached to an aromatic ring is 1. The van der Waals surface area contributed by atoms with Crippen molar-refractivity contribution in [1.82, 2.24) is 35.1 Å². The zero-order chi connectivity index (χ0) is 24.4. The molecule has 35 heavy (non-hydrogen) atoms. The molecule has 1 aliphatic rings. The summed E-state index contributed by atoms with van der Waals surface area (Å²) in [6, 6.07) is 10.1. The van der Waals surface area contributed by atoms with E-state index in [2.05, 4.69) is 15.6 Å². The molecule has 1 aliphatic heterocycles. The number of fused-ring (bicyclic) bond motifs is 1. The Balaban J connectivity index is 1.73. The van der Waals surface area contributed by atoms with Gasteiger partial charge < -0.3 is 26.3 Å². The number of benzene rings is 1. The van der Waals surface area contributed by atoms with Gasteiger partial charge in [0.25, 0.3) is 5.91 Å². The van der Waals surface area contributed by atoms with Crippen molar-refractivity contribution in [3.05, 3.63) is 42.1 Å². The molecule has 0 bridgehead atoms.